The average molecular weight is 243 g/mol. The maximum atomic E-state index is 12.7. The Morgan fingerprint density at radius 2 is 2.38 bits per heavy atom. The molecule has 0 aliphatic rings. The number of amides is 1. The highest BCUT2D eigenvalue weighted by Gasteiger charge is 2.09. The predicted molar refractivity (Wildman–Crippen MR) is 57.8 cm³/mol. The summed E-state index contributed by atoms with van der Waals surface area (Å²) in [5, 5.41) is 5.77. The van der Waals surface area contributed by atoms with E-state index in [1.807, 2.05) is 0 Å². The Hall–Kier alpha value is -1.78. The lowest BCUT2D eigenvalue weighted by atomic mass is 10.2. The van der Waals surface area contributed by atoms with Crippen molar-refractivity contribution in [1.29, 1.82) is 0 Å². The molecule has 0 aliphatic carbocycles. The standard InChI is InChI=1S/C9H8ClFN4O/c10-8-5-6(11)1-2-7(8)9(16)13-3-4-14-15-12/h1-2,5H,3-4H2,(H,13,16). The lowest BCUT2D eigenvalue weighted by molar-refractivity contribution is 0.0955. The maximum Gasteiger partial charge on any atom is 0.252 e. The summed E-state index contributed by atoms with van der Waals surface area (Å²) >= 11 is 5.68. The van der Waals surface area contributed by atoms with Gasteiger partial charge in [-0.15, -0.1) is 0 Å². The van der Waals surface area contributed by atoms with E-state index in [9.17, 15) is 9.18 Å². The Morgan fingerprint density at radius 3 is 3.00 bits per heavy atom. The zero-order chi connectivity index (χ0) is 12.0. The molecule has 84 valence electrons. The Kier molecular flexibility index (Phi) is 4.57. The first kappa shape index (κ1) is 12.3. The van der Waals surface area contributed by atoms with Crippen molar-refractivity contribution in [2.75, 3.05) is 13.1 Å². The van der Waals surface area contributed by atoms with Gasteiger partial charge in [-0.25, -0.2) is 4.39 Å². The maximum absolute atomic E-state index is 12.7. The highest BCUT2D eigenvalue weighted by molar-refractivity contribution is 6.33. The molecular formula is C9H8ClFN4O. The first-order chi connectivity index (χ1) is 7.65. The molecule has 0 saturated heterocycles. The van der Waals surface area contributed by atoms with Crippen molar-refractivity contribution < 1.29 is 9.18 Å². The molecule has 0 aromatic heterocycles. The van der Waals surface area contributed by atoms with Crippen molar-refractivity contribution in [2.45, 2.75) is 0 Å². The fourth-order valence-corrected chi connectivity index (χ4v) is 1.29. The van der Waals surface area contributed by atoms with Crippen LogP contribution in [0.1, 0.15) is 10.4 Å². The Balaban J connectivity index is 2.62. The second kappa shape index (κ2) is 5.95. The fraction of sp³-hybridized carbons (Fsp3) is 0.222. The van der Waals surface area contributed by atoms with Gasteiger partial charge in [0.05, 0.1) is 10.6 Å². The molecule has 0 atom stereocenters. The van der Waals surface area contributed by atoms with Crippen LogP contribution >= 0.6 is 11.6 Å². The number of carbonyl (C=O) groups is 1. The van der Waals surface area contributed by atoms with Gasteiger partial charge in [-0.3, -0.25) is 4.79 Å². The molecule has 0 saturated carbocycles. The van der Waals surface area contributed by atoms with E-state index in [0.29, 0.717) is 0 Å². The summed E-state index contributed by atoms with van der Waals surface area (Å²) in [7, 11) is 0. The van der Waals surface area contributed by atoms with Gasteiger partial charge in [-0.1, -0.05) is 16.7 Å². The molecule has 0 fully saturated rings. The quantitative estimate of drug-likeness (QED) is 0.374. The van der Waals surface area contributed by atoms with Crippen LogP contribution in [0, 0.1) is 5.82 Å². The fourth-order valence-electron chi connectivity index (χ4n) is 1.03. The van der Waals surface area contributed by atoms with E-state index >= 15 is 0 Å². The van der Waals surface area contributed by atoms with E-state index in [0.717, 1.165) is 12.1 Å². The smallest absolute Gasteiger partial charge is 0.252 e. The van der Waals surface area contributed by atoms with E-state index in [1.165, 1.54) is 6.07 Å². The molecule has 0 unspecified atom stereocenters. The lowest BCUT2D eigenvalue weighted by Gasteiger charge is -2.04. The van der Waals surface area contributed by atoms with E-state index < -0.39 is 11.7 Å². The Labute approximate surface area is 95.8 Å². The van der Waals surface area contributed by atoms with Crippen LogP contribution in [0.3, 0.4) is 0 Å². The van der Waals surface area contributed by atoms with Crippen LogP contribution in [-0.4, -0.2) is 19.0 Å². The largest absolute Gasteiger partial charge is 0.352 e. The number of carbonyl (C=O) groups excluding carboxylic acids is 1. The molecule has 1 amide bonds. The van der Waals surface area contributed by atoms with Crippen LogP contribution in [0.25, 0.3) is 10.4 Å². The molecule has 1 aromatic rings. The van der Waals surface area contributed by atoms with Gasteiger partial charge in [0.2, 0.25) is 0 Å². The summed E-state index contributed by atoms with van der Waals surface area (Å²) in [4.78, 5) is 14.0. The number of hydrogen-bond acceptors (Lipinski definition) is 2. The number of rotatable bonds is 4. The molecule has 0 radical (unpaired) electrons. The summed E-state index contributed by atoms with van der Waals surface area (Å²) in [5.41, 5.74) is 8.19. The van der Waals surface area contributed by atoms with Crippen molar-refractivity contribution in [3.63, 3.8) is 0 Å². The third kappa shape index (κ3) is 3.42. The van der Waals surface area contributed by atoms with Gasteiger partial charge < -0.3 is 5.32 Å². The summed E-state index contributed by atoms with van der Waals surface area (Å²) in [6.45, 7) is 0.359. The van der Waals surface area contributed by atoms with Crippen LogP contribution in [0.4, 0.5) is 4.39 Å². The van der Waals surface area contributed by atoms with E-state index in [4.69, 9.17) is 17.1 Å². The third-order valence-corrected chi connectivity index (χ3v) is 2.05. The average Bonchev–Trinajstić information content (AvgIpc) is 2.24. The minimum Gasteiger partial charge on any atom is -0.352 e. The van der Waals surface area contributed by atoms with Crippen molar-refractivity contribution >= 4 is 17.5 Å². The Morgan fingerprint density at radius 1 is 1.62 bits per heavy atom. The second-order valence-electron chi connectivity index (χ2n) is 2.83. The normalized spacial score (nSPS) is 9.38. The van der Waals surface area contributed by atoms with Crippen LogP contribution < -0.4 is 5.32 Å². The van der Waals surface area contributed by atoms with E-state index in [-0.39, 0.29) is 23.7 Å². The molecule has 7 heteroatoms. The molecule has 0 bridgehead atoms. The SMILES string of the molecule is [N-]=[N+]=NCCNC(=O)c1ccc(F)cc1Cl. The molecule has 0 aliphatic heterocycles. The molecule has 1 N–H and O–H groups in total. The molecular weight excluding hydrogens is 235 g/mol. The molecule has 0 heterocycles. The summed E-state index contributed by atoms with van der Waals surface area (Å²) in [6.07, 6.45) is 0. The number of benzene rings is 1. The van der Waals surface area contributed by atoms with E-state index in [2.05, 4.69) is 15.3 Å². The number of nitrogens with one attached hydrogen (secondary N) is 1. The molecule has 1 rings (SSSR count). The predicted octanol–water partition coefficient (Wildman–Crippen LogP) is 2.52. The van der Waals surface area contributed by atoms with Gasteiger partial charge in [0.25, 0.3) is 5.91 Å². The lowest BCUT2D eigenvalue weighted by Crippen LogP contribution is -2.26. The van der Waals surface area contributed by atoms with Crippen molar-refractivity contribution in [3.05, 3.63) is 45.0 Å². The zero-order valence-corrected chi connectivity index (χ0v) is 8.91. The summed E-state index contributed by atoms with van der Waals surface area (Å²) < 4.78 is 12.7. The van der Waals surface area contributed by atoms with Gasteiger partial charge in [-0.2, -0.15) is 0 Å². The van der Waals surface area contributed by atoms with Gasteiger partial charge in [0.1, 0.15) is 5.82 Å². The van der Waals surface area contributed by atoms with Crippen molar-refractivity contribution in [2.24, 2.45) is 5.11 Å². The van der Waals surface area contributed by atoms with Crippen LogP contribution in [0.15, 0.2) is 23.3 Å². The third-order valence-electron chi connectivity index (χ3n) is 1.74. The van der Waals surface area contributed by atoms with Crippen LogP contribution in [0.5, 0.6) is 0 Å². The van der Waals surface area contributed by atoms with E-state index in [1.54, 1.807) is 0 Å². The first-order valence-electron chi connectivity index (χ1n) is 4.39. The number of halogens is 2. The minimum absolute atomic E-state index is 0.0429. The van der Waals surface area contributed by atoms with Gasteiger partial charge in [-0.05, 0) is 23.7 Å². The van der Waals surface area contributed by atoms with Crippen molar-refractivity contribution in [3.8, 4) is 0 Å². The number of hydrogen-bond donors (Lipinski definition) is 1. The van der Waals surface area contributed by atoms with Gasteiger partial charge in [0, 0.05) is 18.0 Å². The first-order valence-corrected chi connectivity index (χ1v) is 4.77. The highest BCUT2D eigenvalue weighted by Crippen LogP contribution is 2.16. The summed E-state index contributed by atoms with van der Waals surface area (Å²) in [6, 6.07) is 3.50. The summed E-state index contributed by atoms with van der Waals surface area (Å²) in [5.74, 6) is -0.936. The number of nitrogens with zero attached hydrogens (tertiary/aromatic N) is 3. The van der Waals surface area contributed by atoms with Crippen molar-refractivity contribution in [1.82, 2.24) is 5.32 Å². The second-order valence-corrected chi connectivity index (χ2v) is 3.24. The monoisotopic (exact) mass is 242 g/mol. The Bertz CT molecular complexity index is 445. The molecule has 5 nitrogen and oxygen atoms in total. The van der Waals surface area contributed by atoms with Crippen LogP contribution in [-0.2, 0) is 0 Å². The van der Waals surface area contributed by atoms with Gasteiger partial charge in [0.15, 0.2) is 0 Å². The minimum atomic E-state index is -0.504. The molecule has 0 spiro atoms. The molecule has 16 heavy (non-hydrogen) atoms. The molecule has 1 aromatic carbocycles. The topological polar surface area (TPSA) is 77.9 Å². The van der Waals surface area contributed by atoms with Crippen LogP contribution in [0.2, 0.25) is 5.02 Å². The highest BCUT2D eigenvalue weighted by atomic mass is 35.5. The number of azide groups is 1. The zero-order valence-electron chi connectivity index (χ0n) is 8.15. The van der Waals surface area contributed by atoms with Gasteiger partial charge >= 0.3 is 0 Å².